The van der Waals surface area contributed by atoms with Crippen molar-refractivity contribution >= 4 is 5.97 Å². The summed E-state index contributed by atoms with van der Waals surface area (Å²) in [4.78, 5) is 24.6. The van der Waals surface area contributed by atoms with Crippen molar-refractivity contribution in [3.8, 4) is 17.0 Å². The van der Waals surface area contributed by atoms with Gasteiger partial charge < -0.3 is 19.1 Å². The van der Waals surface area contributed by atoms with Crippen LogP contribution in [-0.2, 0) is 11.2 Å². The lowest BCUT2D eigenvalue weighted by atomic mass is 9.77. The monoisotopic (exact) mass is 527 g/mol. The summed E-state index contributed by atoms with van der Waals surface area (Å²) in [6, 6.07) is 3.87. The van der Waals surface area contributed by atoms with Crippen molar-refractivity contribution in [3.05, 3.63) is 51.1 Å². The number of aromatic nitrogens is 1. The summed E-state index contributed by atoms with van der Waals surface area (Å²) >= 11 is 0. The third-order valence-corrected chi connectivity index (χ3v) is 8.19. The highest BCUT2D eigenvalue weighted by molar-refractivity contribution is 5.88. The minimum atomic E-state index is -1.41. The second-order valence-corrected chi connectivity index (χ2v) is 12.0. The number of carboxylic acids is 1. The van der Waals surface area contributed by atoms with Gasteiger partial charge in [-0.2, -0.15) is 0 Å². The predicted molar refractivity (Wildman–Crippen MR) is 147 cm³/mol. The van der Waals surface area contributed by atoms with E-state index in [-0.39, 0.29) is 23.1 Å². The minimum Gasteiger partial charge on any atom is -0.493 e. The summed E-state index contributed by atoms with van der Waals surface area (Å²) < 4.78 is 29.1. The van der Waals surface area contributed by atoms with Gasteiger partial charge in [0, 0.05) is 37.9 Å². The minimum absolute atomic E-state index is 0.191. The number of fused-ring (bicyclic) bond motifs is 3. The maximum absolute atomic E-state index is 15.8. The molecule has 0 bridgehead atoms. The van der Waals surface area contributed by atoms with Crippen LogP contribution in [-0.4, -0.2) is 36.0 Å². The number of halogens is 1. The highest BCUT2D eigenvalue weighted by Crippen LogP contribution is 2.47. The van der Waals surface area contributed by atoms with Gasteiger partial charge >= 0.3 is 5.97 Å². The number of carbonyl (C=O) groups is 1. The summed E-state index contributed by atoms with van der Waals surface area (Å²) in [7, 11) is 1.68. The summed E-state index contributed by atoms with van der Waals surface area (Å²) in [6.45, 7) is 7.30. The van der Waals surface area contributed by atoms with Crippen LogP contribution in [0.15, 0.2) is 23.1 Å². The van der Waals surface area contributed by atoms with Crippen LogP contribution in [0.5, 0.6) is 5.75 Å². The summed E-state index contributed by atoms with van der Waals surface area (Å²) in [5.41, 5.74) is 0.969. The zero-order chi connectivity index (χ0) is 27.4. The molecule has 0 spiro atoms. The molecular weight excluding hydrogens is 485 g/mol. The molecule has 1 aliphatic heterocycles. The van der Waals surface area contributed by atoms with Gasteiger partial charge in [0.1, 0.15) is 11.3 Å². The SMILES string of the molecule is COCCCOc1cc2c(cc1C1CCCCCCCC1)-c1c(F)c(=O)c(C(=O)O)cn1[C@H](C(C)(C)C)C2. The van der Waals surface area contributed by atoms with Crippen molar-refractivity contribution in [3.63, 3.8) is 0 Å². The Morgan fingerprint density at radius 2 is 1.74 bits per heavy atom. The van der Waals surface area contributed by atoms with E-state index < -0.39 is 22.8 Å². The summed E-state index contributed by atoms with van der Waals surface area (Å²) in [6.07, 6.45) is 12.0. The first kappa shape index (κ1) is 28.3. The van der Waals surface area contributed by atoms with Crippen LogP contribution in [0, 0.1) is 11.2 Å². The highest BCUT2D eigenvalue weighted by atomic mass is 19.1. The second-order valence-electron chi connectivity index (χ2n) is 12.0. The molecule has 1 atom stereocenters. The smallest absolute Gasteiger partial charge is 0.341 e. The maximum atomic E-state index is 15.8. The zero-order valence-electron chi connectivity index (χ0n) is 23.3. The molecule has 208 valence electrons. The Morgan fingerprint density at radius 1 is 1.08 bits per heavy atom. The lowest BCUT2D eigenvalue weighted by Gasteiger charge is -2.39. The number of rotatable bonds is 7. The highest BCUT2D eigenvalue weighted by Gasteiger charge is 2.37. The number of hydrogen-bond donors (Lipinski definition) is 1. The quantitative estimate of drug-likeness (QED) is 0.388. The fraction of sp³-hybridized carbons (Fsp3) is 0.613. The number of ether oxygens (including phenoxy) is 2. The lowest BCUT2D eigenvalue weighted by molar-refractivity contribution is 0.0692. The fourth-order valence-corrected chi connectivity index (χ4v) is 6.09. The van der Waals surface area contributed by atoms with E-state index in [0.717, 1.165) is 49.0 Å². The van der Waals surface area contributed by atoms with Crippen LogP contribution < -0.4 is 10.2 Å². The van der Waals surface area contributed by atoms with Gasteiger partial charge in [0.25, 0.3) is 0 Å². The third kappa shape index (κ3) is 5.98. The average molecular weight is 528 g/mol. The van der Waals surface area contributed by atoms with Crippen molar-refractivity contribution in [1.82, 2.24) is 4.57 Å². The molecule has 2 aliphatic rings. The molecule has 1 aromatic carbocycles. The van der Waals surface area contributed by atoms with E-state index in [1.54, 1.807) is 11.7 Å². The van der Waals surface area contributed by atoms with Gasteiger partial charge in [-0.25, -0.2) is 9.18 Å². The van der Waals surface area contributed by atoms with Gasteiger partial charge in [-0.1, -0.05) is 59.3 Å². The predicted octanol–water partition coefficient (Wildman–Crippen LogP) is 7.13. The van der Waals surface area contributed by atoms with Gasteiger partial charge in [0.15, 0.2) is 5.82 Å². The number of aromatic carboxylic acids is 1. The van der Waals surface area contributed by atoms with Crippen molar-refractivity contribution in [1.29, 1.82) is 0 Å². The molecule has 0 saturated heterocycles. The first-order valence-corrected chi connectivity index (χ1v) is 14.1. The van der Waals surface area contributed by atoms with Gasteiger partial charge in [0.05, 0.1) is 12.3 Å². The van der Waals surface area contributed by atoms with Crippen LogP contribution in [0.1, 0.15) is 112 Å². The van der Waals surface area contributed by atoms with E-state index in [0.29, 0.717) is 25.2 Å². The van der Waals surface area contributed by atoms with Crippen molar-refractivity contribution in [2.75, 3.05) is 20.3 Å². The molecule has 1 saturated carbocycles. The lowest BCUT2D eigenvalue weighted by Crippen LogP contribution is -2.34. The molecule has 0 unspecified atom stereocenters. The van der Waals surface area contributed by atoms with Gasteiger partial charge in [0.2, 0.25) is 5.43 Å². The average Bonchev–Trinajstić information content (AvgIpc) is 3.01. The molecule has 1 aromatic heterocycles. The van der Waals surface area contributed by atoms with Crippen molar-refractivity contribution < 1.29 is 23.8 Å². The van der Waals surface area contributed by atoms with E-state index >= 15 is 4.39 Å². The Hall–Kier alpha value is -2.67. The standard InChI is InChI=1S/C31H42FNO5/c1-31(2,3)26-17-21-16-25(38-15-11-14-37-4)22(20-12-9-7-5-6-8-10-13-20)18-23(21)28-27(32)29(34)24(30(35)36)19-33(26)28/h16,18-20,26H,5-15,17H2,1-4H3,(H,35,36)/t26-/m0/s1. The number of pyridine rings is 1. The van der Waals surface area contributed by atoms with E-state index in [2.05, 4.69) is 26.8 Å². The fourth-order valence-electron chi connectivity index (χ4n) is 6.09. The molecule has 7 heteroatoms. The Labute approximate surface area is 225 Å². The molecule has 0 radical (unpaired) electrons. The molecular formula is C31H42FNO5. The summed E-state index contributed by atoms with van der Waals surface area (Å²) in [5, 5.41) is 9.61. The number of carboxylic acid groups (broad SMARTS) is 1. The first-order chi connectivity index (χ1) is 18.1. The number of hydrogen-bond acceptors (Lipinski definition) is 4. The molecule has 4 rings (SSSR count). The number of benzene rings is 1. The molecule has 38 heavy (non-hydrogen) atoms. The van der Waals surface area contributed by atoms with Crippen LogP contribution in [0.4, 0.5) is 4.39 Å². The second kappa shape index (κ2) is 12.0. The molecule has 2 aromatic rings. The largest absolute Gasteiger partial charge is 0.493 e. The Morgan fingerprint density at radius 3 is 2.34 bits per heavy atom. The van der Waals surface area contributed by atoms with Gasteiger partial charge in [-0.3, -0.25) is 4.79 Å². The molecule has 1 aliphatic carbocycles. The topological polar surface area (TPSA) is 77.8 Å². The first-order valence-electron chi connectivity index (χ1n) is 14.1. The molecule has 2 heterocycles. The van der Waals surface area contributed by atoms with Gasteiger partial charge in [-0.15, -0.1) is 0 Å². The van der Waals surface area contributed by atoms with Crippen molar-refractivity contribution in [2.45, 2.75) is 96.9 Å². The van der Waals surface area contributed by atoms with E-state index in [4.69, 9.17) is 9.47 Å². The normalized spacial score (nSPS) is 18.6. The van der Waals surface area contributed by atoms with Crippen LogP contribution in [0.2, 0.25) is 0 Å². The molecule has 1 N–H and O–H groups in total. The molecule has 6 nitrogen and oxygen atoms in total. The molecule has 1 fully saturated rings. The van der Waals surface area contributed by atoms with E-state index in [9.17, 15) is 14.7 Å². The van der Waals surface area contributed by atoms with Gasteiger partial charge in [-0.05, 0) is 53.9 Å². The van der Waals surface area contributed by atoms with E-state index in [1.807, 2.05) is 6.07 Å². The van der Waals surface area contributed by atoms with Crippen LogP contribution in [0.25, 0.3) is 11.3 Å². The molecule has 0 amide bonds. The van der Waals surface area contributed by atoms with Crippen LogP contribution in [0.3, 0.4) is 0 Å². The maximum Gasteiger partial charge on any atom is 0.341 e. The third-order valence-electron chi connectivity index (χ3n) is 8.19. The summed E-state index contributed by atoms with van der Waals surface area (Å²) in [5.74, 6) is -1.27. The zero-order valence-corrected chi connectivity index (χ0v) is 23.3. The van der Waals surface area contributed by atoms with Crippen LogP contribution >= 0.6 is 0 Å². The van der Waals surface area contributed by atoms with E-state index in [1.165, 1.54) is 31.9 Å². The number of nitrogens with zero attached hydrogens (tertiary/aromatic N) is 1. The Bertz CT molecular complexity index is 1200. The van der Waals surface area contributed by atoms with Crippen molar-refractivity contribution in [2.24, 2.45) is 5.41 Å². The Balaban J connectivity index is 1.89. The number of methoxy groups -OCH3 is 1. The Kier molecular flexibility index (Phi) is 8.96.